The number of pyridine rings is 1. The number of rotatable bonds is 1. The Morgan fingerprint density at radius 3 is 2.80 bits per heavy atom. The van der Waals surface area contributed by atoms with Crippen LogP contribution in [0.15, 0.2) is 24.3 Å². The second-order valence-corrected chi connectivity index (χ2v) is 5.58. The van der Waals surface area contributed by atoms with Crippen molar-refractivity contribution in [3.63, 3.8) is 0 Å². The van der Waals surface area contributed by atoms with Gasteiger partial charge in [-0.1, -0.05) is 12.1 Å². The van der Waals surface area contributed by atoms with Gasteiger partial charge in [-0.15, -0.1) is 0 Å². The van der Waals surface area contributed by atoms with Gasteiger partial charge in [0, 0.05) is 31.5 Å². The van der Waals surface area contributed by atoms with E-state index >= 15 is 0 Å². The van der Waals surface area contributed by atoms with Crippen LogP contribution in [-0.2, 0) is 6.42 Å². The normalized spacial score (nSPS) is 13.5. The third-order valence-corrected chi connectivity index (χ3v) is 4.01. The molecular formula is C16H21N4+. The molecule has 4 nitrogen and oxygen atoms in total. The summed E-state index contributed by atoms with van der Waals surface area (Å²) >= 11 is 0. The summed E-state index contributed by atoms with van der Waals surface area (Å²) < 4.78 is 2.10. The van der Waals surface area contributed by atoms with Crippen molar-refractivity contribution in [2.75, 3.05) is 37.9 Å². The molecule has 0 atom stereocenters. The molecule has 1 aliphatic heterocycles. The quantitative estimate of drug-likeness (QED) is 0.490. The zero-order valence-electron chi connectivity index (χ0n) is 12.6. The zero-order chi connectivity index (χ0) is 14.3. The van der Waals surface area contributed by atoms with Gasteiger partial charge in [0.1, 0.15) is 11.5 Å². The average molecular weight is 269 g/mol. The molecule has 0 saturated carbocycles. The van der Waals surface area contributed by atoms with Gasteiger partial charge < -0.3 is 4.90 Å². The van der Waals surface area contributed by atoms with E-state index in [0.29, 0.717) is 0 Å². The molecule has 0 radical (unpaired) electrons. The van der Waals surface area contributed by atoms with E-state index in [9.17, 15) is 0 Å². The minimum Gasteiger partial charge on any atom is -0.359 e. The van der Waals surface area contributed by atoms with Crippen molar-refractivity contribution in [2.24, 2.45) is 0 Å². The molecule has 1 aromatic heterocycles. The summed E-state index contributed by atoms with van der Waals surface area (Å²) in [5.41, 5.74) is 3.59. The Morgan fingerprint density at radius 2 is 2.05 bits per heavy atom. The Labute approximate surface area is 119 Å². The number of aromatic nitrogens is 1. The molecule has 0 fully saturated rings. The Kier molecular flexibility index (Phi) is 3.08. The number of anilines is 2. The fourth-order valence-corrected chi connectivity index (χ4v) is 2.61. The third kappa shape index (κ3) is 2.01. The van der Waals surface area contributed by atoms with E-state index in [0.717, 1.165) is 30.1 Å². The lowest BCUT2D eigenvalue weighted by Gasteiger charge is -2.13. The number of nitrogens with zero attached hydrogens (tertiary/aromatic N) is 3. The Morgan fingerprint density at radius 1 is 1.30 bits per heavy atom. The lowest BCUT2D eigenvalue weighted by Crippen LogP contribution is -2.20. The smallest absolute Gasteiger partial charge is 0.246 e. The van der Waals surface area contributed by atoms with Crippen LogP contribution >= 0.6 is 0 Å². The first-order valence-electron chi connectivity index (χ1n) is 6.98. The molecule has 0 spiro atoms. The van der Waals surface area contributed by atoms with Gasteiger partial charge in [0.15, 0.2) is 0 Å². The Hall–Kier alpha value is -2.10. The van der Waals surface area contributed by atoms with Gasteiger partial charge in [-0.05, 0) is 18.6 Å². The van der Waals surface area contributed by atoms with E-state index in [1.165, 1.54) is 16.6 Å². The maximum Gasteiger partial charge on any atom is 0.246 e. The number of fused-ring (bicyclic) bond motifs is 2. The van der Waals surface area contributed by atoms with E-state index in [1.54, 1.807) is 0 Å². The second kappa shape index (κ2) is 4.78. The van der Waals surface area contributed by atoms with E-state index < -0.39 is 0 Å². The molecule has 0 aliphatic carbocycles. The molecule has 0 unspecified atom stereocenters. The number of hydrogen-bond acceptors (Lipinski definition) is 2. The maximum atomic E-state index is 4.81. The SMILES string of the molecule is CC(Nc1c2c(nc3ccccc13)N(C)CC2)=[N+](C)C. The van der Waals surface area contributed by atoms with E-state index in [2.05, 4.69) is 61.1 Å². The van der Waals surface area contributed by atoms with Crippen LogP contribution < -0.4 is 10.2 Å². The van der Waals surface area contributed by atoms with Crippen LogP contribution in [0.4, 0.5) is 11.5 Å². The standard InChI is InChI=1S/C16H20N4/c1-11(19(2)3)17-15-12-7-5-6-8-14(12)18-16-13(15)9-10-20(16)4/h5-8H,9-10H2,1-4H3/p+1. The van der Waals surface area contributed by atoms with Crippen molar-refractivity contribution in [3.8, 4) is 0 Å². The minimum absolute atomic E-state index is 1.04. The van der Waals surface area contributed by atoms with Crippen molar-refractivity contribution in [2.45, 2.75) is 13.3 Å². The largest absolute Gasteiger partial charge is 0.359 e. The highest BCUT2D eigenvalue weighted by Crippen LogP contribution is 2.36. The van der Waals surface area contributed by atoms with E-state index in [1.807, 2.05) is 6.07 Å². The Bertz CT molecular complexity index is 699. The average Bonchev–Trinajstić information content (AvgIpc) is 2.80. The molecule has 0 amide bonds. The molecule has 104 valence electrons. The highest BCUT2D eigenvalue weighted by atomic mass is 15.2. The number of hydrogen-bond donors (Lipinski definition) is 1. The van der Waals surface area contributed by atoms with Gasteiger partial charge in [-0.2, -0.15) is 0 Å². The molecule has 3 rings (SSSR count). The van der Waals surface area contributed by atoms with Crippen LogP contribution in [-0.4, -0.2) is 43.1 Å². The number of benzene rings is 1. The van der Waals surface area contributed by atoms with Crippen LogP contribution in [0.5, 0.6) is 0 Å². The fourth-order valence-electron chi connectivity index (χ4n) is 2.61. The second-order valence-electron chi connectivity index (χ2n) is 5.58. The maximum absolute atomic E-state index is 4.81. The van der Waals surface area contributed by atoms with Crippen molar-refractivity contribution in [3.05, 3.63) is 29.8 Å². The van der Waals surface area contributed by atoms with Gasteiger partial charge in [0.25, 0.3) is 0 Å². The van der Waals surface area contributed by atoms with Crippen LogP contribution in [0.25, 0.3) is 10.9 Å². The molecular weight excluding hydrogens is 248 g/mol. The van der Waals surface area contributed by atoms with Crippen LogP contribution in [0.2, 0.25) is 0 Å². The molecule has 1 N–H and O–H groups in total. The highest BCUT2D eigenvalue weighted by Gasteiger charge is 2.25. The van der Waals surface area contributed by atoms with Crippen LogP contribution in [0, 0.1) is 0 Å². The molecule has 0 saturated heterocycles. The number of amidine groups is 1. The summed E-state index contributed by atoms with van der Waals surface area (Å²) in [4.78, 5) is 7.05. The summed E-state index contributed by atoms with van der Waals surface area (Å²) in [6.45, 7) is 3.13. The number of nitrogens with one attached hydrogen (secondary N) is 1. The van der Waals surface area contributed by atoms with Crippen LogP contribution in [0.3, 0.4) is 0 Å². The molecule has 20 heavy (non-hydrogen) atoms. The number of likely N-dealkylation sites (N-methyl/N-ethyl adjacent to an activating group) is 1. The molecule has 2 aromatic rings. The minimum atomic E-state index is 1.04. The summed E-state index contributed by atoms with van der Waals surface area (Å²) in [7, 11) is 6.22. The summed E-state index contributed by atoms with van der Waals surface area (Å²) in [5.74, 6) is 2.25. The van der Waals surface area contributed by atoms with Gasteiger partial charge in [0.05, 0.1) is 19.6 Å². The molecule has 1 aliphatic rings. The summed E-state index contributed by atoms with van der Waals surface area (Å²) in [5, 5.41) is 4.78. The van der Waals surface area contributed by atoms with Crippen molar-refractivity contribution < 1.29 is 4.58 Å². The zero-order valence-corrected chi connectivity index (χ0v) is 12.6. The number of para-hydroxylation sites is 1. The first-order chi connectivity index (χ1) is 9.58. The molecule has 2 heterocycles. The Balaban J connectivity index is 2.25. The van der Waals surface area contributed by atoms with E-state index in [-0.39, 0.29) is 0 Å². The fraction of sp³-hybridized carbons (Fsp3) is 0.375. The first kappa shape index (κ1) is 12.9. The van der Waals surface area contributed by atoms with Gasteiger partial charge in [0.2, 0.25) is 5.84 Å². The highest BCUT2D eigenvalue weighted by molar-refractivity contribution is 6.03. The predicted molar refractivity (Wildman–Crippen MR) is 85.1 cm³/mol. The summed E-state index contributed by atoms with van der Waals surface area (Å²) in [6, 6.07) is 8.35. The van der Waals surface area contributed by atoms with Gasteiger partial charge in [-0.25, -0.2) is 10.3 Å². The van der Waals surface area contributed by atoms with Crippen molar-refractivity contribution in [1.29, 1.82) is 0 Å². The lowest BCUT2D eigenvalue weighted by atomic mass is 10.1. The first-order valence-corrected chi connectivity index (χ1v) is 6.98. The molecule has 0 bridgehead atoms. The molecule has 4 heteroatoms. The van der Waals surface area contributed by atoms with Gasteiger partial charge >= 0.3 is 0 Å². The lowest BCUT2D eigenvalue weighted by molar-refractivity contribution is -0.464. The third-order valence-electron chi connectivity index (χ3n) is 4.01. The topological polar surface area (TPSA) is 31.2 Å². The summed E-state index contributed by atoms with van der Waals surface area (Å²) in [6.07, 6.45) is 1.05. The van der Waals surface area contributed by atoms with E-state index in [4.69, 9.17) is 4.98 Å². The van der Waals surface area contributed by atoms with Crippen molar-refractivity contribution in [1.82, 2.24) is 4.98 Å². The van der Waals surface area contributed by atoms with Crippen LogP contribution in [0.1, 0.15) is 12.5 Å². The predicted octanol–water partition coefficient (Wildman–Crippen LogP) is 2.33. The monoisotopic (exact) mass is 269 g/mol. The van der Waals surface area contributed by atoms with Crippen molar-refractivity contribution >= 4 is 28.2 Å². The van der Waals surface area contributed by atoms with Gasteiger partial charge in [-0.3, -0.25) is 4.58 Å². The molecule has 1 aromatic carbocycles.